The first-order valence-corrected chi connectivity index (χ1v) is 8.04. The fraction of sp³-hybridized carbons (Fsp3) is 0.353. The van der Waals surface area contributed by atoms with Crippen LogP contribution >= 0.6 is 0 Å². The van der Waals surface area contributed by atoms with Gasteiger partial charge in [-0.2, -0.15) is 4.98 Å². The lowest BCUT2D eigenvalue weighted by Crippen LogP contribution is -2.40. The van der Waals surface area contributed by atoms with Crippen molar-refractivity contribution in [3.05, 3.63) is 41.6 Å². The Kier molecular flexibility index (Phi) is 4.61. The summed E-state index contributed by atoms with van der Waals surface area (Å²) in [4.78, 5) is 22.6. The van der Waals surface area contributed by atoms with E-state index in [2.05, 4.69) is 20.2 Å². The van der Waals surface area contributed by atoms with Gasteiger partial charge in [0.15, 0.2) is 0 Å². The van der Waals surface area contributed by atoms with Gasteiger partial charge in [0, 0.05) is 31.0 Å². The molecule has 0 atom stereocenters. The van der Waals surface area contributed by atoms with Gasteiger partial charge in [0.1, 0.15) is 11.4 Å². The maximum Gasteiger partial charge on any atom is 0.254 e. The molecule has 24 heavy (non-hydrogen) atoms. The molecule has 7 heteroatoms. The van der Waals surface area contributed by atoms with Crippen molar-refractivity contribution in [2.45, 2.75) is 25.8 Å². The minimum Gasteiger partial charge on any atom is -0.365 e. The van der Waals surface area contributed by atoms with Crippen LogP contribution in [0.4, 0.5) is 17.5 Å². The van der Waals surface area contributed by atoms with Gasteiger partial charge in [0.25, 0.3) is 5.91 Å². The number of hydrogen-bond acceptors (Lipinski definition) is 6. The van der Waals surface area contributed by atoms with Crippen LogP contribution in [-0.4, -0.2) is 35.0 Å². The highest BCUT2D eigenvalue weighted by molar-refractivity contribution is 5.98. The maximum atomic E-state index is 11.7. The number of primary amides is 1. The van der Waals surface area contributed by atoms with Crippen molar-refractivity contribution < 1.29 is 4.79 Å². The predicted octanol–water partition coefficient (Wildman–Crippen LogP) is 1.56. The average molecular weight is 326 g/mol. The second-order valence-corrected chi connectivity index (χ2v) is 6.12. The van der Waals surface area contributed by atoms with Crippen LogP contribution in [0.1, 0.15) is 28.8 Å². The molecule has 1 amide bonds. The van der Waals surface area contributed by atoms with Crippen LogP contribution in [0.15, 0.2) is 30.5 Å². The highest BCUT2D eigenvalue weighted by atomic mass is 16.1. The van der Waals surface area contributed by atoms with Gasteiger partial charge in [-0.1, -0.05) is 12.1 Å². The molecule has 1 aromatic carbocycles. The molecule has 1 aliphatic rings. The third kappa shape index (κ3) is 3.62. The van der Waals surface area contributed by atoms with Gasteiger partial charge < -0.3 is 21.7 Å². The lowest BCUT2D eigenvalue weighted by molar-refractivity contribution is 0.100. The summed E-state index contributed by atoms with van der Waals surface area (Å²) in [5, 5.41) is 3.18. The van der Waals surface area contributed by atoms with E-state index in [0.29, 0.717) is 11.8 Å². The monoisotopic (exact) mass is 326 g/mol. The van der Waals surface area contributed by atoms with E-state index in [0.717, 1.165) is 37.2 Å². The Balaban J connectivity index is 1.90. The molecule has 0 aliphatic carbocycles. The molecule has 2 heterocycles. The number of aromatic nitrogens is 2. The number of rotatable bonds is 4. The molecule has 1 aromatic heterocycles. The van der Waals surface area contributed by atoms with Crippen molar-refractivity contribution in [3.63, 3.8) is 0 Å². The van der Waals surface area contributed by atoms with Crippen molar-refractivity contribution >= 4 is 23.4 Å². The van der Waals surface area contributed by atoms with Gasteiger partial charge in [-0.3, -0.25) is 4.79 Å². The Morgan fingerprint density at radius 3 is 2.75 bits per heavy atom. The topological polar surface area (TPSA) is 110 Å². The van der Waals surface area contributed by atoms with Gasteiger partial charge in [-0.15, -0.1) is 0 Å². The minimum absolute atomic E-state index is 0.232. The molecular formula is C17H22N6O. The molecule has 0 unspecified atom stereocenters. The summed E-state index contributed by atoms with van der Waals surface area (Å²) in [5.74, 6) is 0.451. The Bertz CT molecular complexity index is 740. The number of nitrogens with two attached hydrogens (primary N) is 2. The third-order valence-corrected chi connectivity index (χ3v) is 4.14. The molecule has 2 aromatic rings. The lowest BCUT2D eigenvalue weighted by Gasteiger charge is -2.30. The quantitative estimate of drug-likeness (QED) is 0.786. The lowest BCUT2D eigenvalue weighted by atomic mass is 10.1. The number of nitrogens with zero attached hydrogens (tertiary/aromatic N) is 3. The fourth-order valence-corrected chi connectivity index (χ4v) is 2.76. The molecular weight excluding hydrogens is 304 g/mol. The summed E-state index contributed by atoms with van der Waals surface area (Å²) in [6, 6.07) is 8.07. The van der Waals surface area contributed by atoms with E-state index in [1.807, 2.05) is 31.2 Å². The van der Waals surface area contributed by atoms with E-state index in [1.165, 1.54) is 6.20 Å². The molecule has 0 spiro atoms. The van der Waals surface area contributed by atoms with E-state index in [-0.39, 0.29) is 11.6 Å². The van der Waals surface area contributed by atoms with Gasteiger partial charge in [0.2, 0.25) is 5.95 Å². The minimum atomic E-state index is -0.558. The molecule has 126 valence electrons. The predicted molar refractivity (Wildman–Crippen MR) is 94.4 cm³/mol. The Morgan fingerprint density at radius 2 is 2.08 bits per heavy atom. The van der Waals surface area contributed by atoms with E-state index in [9.17, 15) is 4.79 Å². The first-order valence-electron chi connectivity index (χ1n) is 8.04. The Labute approximate surface area is 141 Å². The normalized spacial score (nSPS) is 15.3. The molecule has 0 bridgehead atoms. The standard InChI is InChI=1S/C17H22N6O/c1-11-3-2-4-13(9-11)21-16-14(15(19)24)10-20-17(22-16)23-7-5-12(18)6-8-23/h2-4,9-10,12H,5-8,18H2,1H3,(H2,19,24)(H,20,21,22). The van der Waals surface area contributed by atoms with Gasteiger partial charge in [-0.25, -0.2) is 4.98 Å². The van der Waals surface area contributed by atoms with Gasteiger partial charge in [-0.05, 0) is 37.5 Å². The number of hydrogen-bond donors (Lipinski definition) is 3. The van der Waals surface area contributed by atoms with Crippen LogP contribution in [0.5, 0.6) is 0 Å². The van der Waals surface area contributed by atoms with Gasteiger partial charge in [0.05, 0.1) is 0 Å². The fourth-order valence-electron chi connectivity index (χ4n) is 2.76. The van der Waals surface area contributed by atoms with Crippen molar-refractivity contribution in [2.24, 2.45) is 11.5 Å². The summed E-state index contributed by atoms with van der Waals surface area (Å²) in [7, 11) is 0. The van der Waals surface area contributed by atoms with E-state index < -0.39 is 5.91 Å². The number of benzene rings is 1. The molecule has 1 fully saturated rings. The summed E-state index contributed by atoms with van der Waals surface area (Å²) < 4.78 is 0. The molecule has 5 N–H and O–H groups in total. The van der Waals surface area contributed by atoms with E-state index >= 15 is 0 Å². The van der Waals surface area contributed by atoms with Crippen LogP contribution in [-0.2, 0) is 0 Å². The zero-order valence-corrected chi connectivity index (χ0v) is 13.7. The number of amides is 1. The van der Waals surface area contributed by atoms with Crippen molar-refractivity contribution in [2.75, 3.05) is 23.3 Å². The molecule has 0 saturated carbocycles. The zero-order valence-electron chi connectivity index (χ0n) is 13.7. The number of carbonyl (C=O) groups excluding carboxylic acids is 1. The number of anilines is 3. The highest BCUT2D eigenvalue weighted by Crippen LogP contribution is 2.23. The Hall–Kier alpha value is -2.67. The zero-order chi connectivity index (χ0) is 17.1. The highest BCUT2D eigenvalue weighted by Gasteiger charge is 2.20. The number of carbonyl (C=O) groups is 1. The molecule has 3 rings (SSSR count). The smallest absolute Gasteiger partial charge is 0.254 e. The maximum absolute atomic E-state index is 11.7. The summed E-state index contributed by atoms with van der Waals surface area (Å²) >= 11 is 0. The summed E-state index contributed by atoms with van der Waals surface area (Å²) in [6.07, 6.45) is 3.29. The third-order valence-electron chi connectivity index (χ3n) is 4.14. The number of aryl methyl sites for hydroxylation is 1. The van der Waals surface area contributed by atoms with E-state index in [4.69, 9.17) is 11.5 Å². The molecule has 0 radical (unpaired) electrons. The van der Waals surface area contributed by atoms with Crippen LogP contribution < -0.4 is 21.7 Å². The second kappa shape index (κ2) is 6.84. The van der Waals surface area contributed by atoms with Crippen LogP contribution in [0, 0.1) is 6.92 Å². The average Bonchev–Trinajstić information content (AvgIpc) is 2.55. The van der Waals surface area contributed by atoms with Crippen LogP contribution in [0.3, 0.4) is 0 Å². The van der Waals surface area contributed by atoms with E-state index in [1.54, 1.807) is 0 Å². The summed E-state index contributed by atoms with van der Waals surface area (Å²) in [6.45, 7) is 3.62. The second-order valence-electron chi connectivity index (χ2n) is 6.12. The molecule has 1 saturated heterocycles. The molecule has 1 aliphatic heterocycles. The van der Waals surface area contributed by atoms with Crippen LogP contribution in [0.2, 0.25) is 0 Å². The van der Waals surface area contributed by atoms with Crippen molar-refractivity contribution in [1.29, 1.82) is 0 Å². The SMILES string of the molecule is Cc1cccc(Nc2nc(N3CCC(N)CC3)ncc2C(N)=O)c1. The first-order chi connectivity index (χ1) is 11.5. The van der Waals surface area contributed by atoms with Crippen molar-refractivity contribution in [3.8, 4) is 0 Å². The molecule has 7 nitrogen and oxygen atoms in total. The summed E-state index contributed by atoms with van der Waals surface area (Å²) in [5.41, 5.74) is 13.6. The van der Waals surface area contributed by atoms with Crippen molar-refractivity contribution in [1.82, 2.24) is 9.97 Å². The van der Waals surface area contributed by atoms with Crippen LogP contribution in [0.25, 0.3) is 0 Å². The number of nitrogens with one attached hydrogen (secondary N) is 1. The Morgan fingerprint density at radius 1 is 1.33 bits per heavy atom. The van der Waals surface area contributed by atoms with Gasteiger partial charge >= 0.3 is 0 Å². The first kappa shape index (κ1) is 16.2. The largest absolute Gasteiger partial charge is 0.365 e. The number of piperidine rings is 1.